The highest BCUT2D eigenvalue weighted by Gasteiger charge is 1.97. The second-order valence-corrected chi connectivity index (χ2v) is 3.18. The lowest BCUT2D eigenvalue weighted by Gasteiger charge is -2.05. The van der Waals surface area contributed by atoms with Crippen LogP contribution >= 0.6 is 0 Å². The van der Waals surface area contributed by atoms with Gasteiger partial charge in [-0.2, -0.15) is 0 Å². The minimum absolute atomic E-state index is 0.788. The average Bonchev–Trinajstić information content (AvgIpc) is 2.10. The third-order valence-electron chi connectivity index (χ3n) is 2.05. The summed E-state index contributed by atoms with van der Waals surface area (Å²) < 4.78 is 0. The number of rotatable bonds is 6. The van der Waals surface area contributed by atoms with Gasteiger partial charge in [-0.05, 0) is 25.2 Å². The van der Waals surface area contributed by atoms with E-state index in [2.05, 4.69) is 45.1 Å². The first-order valence-electron chi connectivity index (χ1n) is 5.18. The Bertz CT molecular complexity index is 131. The highest BCUT2D eigenvalue weighted by Crippen LogP contribution is 2.11. The number of hydrogen-bond acceptors (Lipinski definition) is 0. The summed E-state index contributed by atoms with van der Waals surface area (Å²) in [5.74, 6) is 0.788. The SMILES string of the molecule is CCC=CC=CC(CC)CCC. The lowest BCUT2D eigenvalue weighted by atomic mass is 10.0. The van der Waals surface area contributed by atoms with E-state index in [1.807, 2.05) is 0 Å². The van der Waals surface area contributed by atoms with E-state index in [1.165, 1.54) is 19.3 Å². The third-order valence-corrected chi connectivity index (χ3v) is 2.05. The van der Waals surface area contributed by atoms with Gasteiger partial charge in [0.05, 0.1) is 0 Å². The first-order chi connectivity index (χ1) is 5.85. The van der Waals surface area contributed by atoms with Gasteiger partial charge in [0.2, 0.25) is 0 Å². The summed E-state index contributed by atoms with van der Waals surface area (Å²) in [6.45, 7) is 6.67. The van der Waals surface area contributed by atoms with E-state index in [4.69, 9.17) is 0 Å². The van der Waals surface area contributed by atoms with Gasteiger partial charge in [-0.25, -0.2) is 0 Å². The Morgan fingerprint density at radius 3 is 2.33 bits per heavy atom. The predicted molar refractivity (Wildman–Crippen MR) is 57.3 cm³/mol. The second kappa shape index (κ2) is 8.58. The summed E-state index contributed by atoms with van der Waals surface area (Å²) in [5.41, 5.74) is 0. The van der Waals surface area contributed by atoms with Gasteiger partial charge in [-0.1, -0.05) is 51.5 Å². The van der Waals surface area contributed by atoms with Gasteiger partial charge in [0.1, 0.15) is 0 Å². The van der Waals surface area contributed by atoms with Crippen LogP contribution in [0.1, 0.15) is 46.5 Å². The van der Waals surface area contributed by atoms with Crippen molar-refractivity contribution in [3.05, 3.63) is 24.3 Å². The van der Waals surface area contributed by atoms with Crippen molar-refractivity contribution in [1.29, 1.82) is 0 Å². The van der Waals surface area contributed by atoms with Gasteiger partial charge >= 0.3 is 0 Å². The van der Waals surface area contributed by atoms with Crippen molar-refractivity contribution in [2.24, 2.45) is 5.92 Å². The average molecular weight is 166 g/mol. The molecule has 0 bridgehead atoms. The Morgan fingerprint density at radius 1 is 1.08 bits per heavy atom. The molecule has 0 radical (unpaired) electrons. The van der Waals surface area contributed by atoms with Crippen LogP contribution in [0, 0.1) is 5.92 Å². The fourth-order valence-corrected chi connectivity index (χ4v) is 1.24. The molecule has 0 aliphatic carbocycles. The lowest BCUT2D eigenvalue weighted by Crippen LogP contribution is -1.91. The molecule has 12 heavy (non-hydrogen) atoms. The Balaban J connectivity index is 3.67. The largest absolute Gasteiger partial charge is 0.0848 e. The van der Waals surface area contributed by atoms with Gasteiger partial charge < -0.3 is 0 Å². The third kappa shape index (κ3) is 6.21. The molecule has 0 rings (SSSR count). The fraction of sp³-hybridized carbons (Fsp3) is 0.667. The molecule has 0 fully saturated rings. The van der Waals surface area contributed by atoms with Crippen LogP contribution in [-0.2, 0) is 0 Å². The smallest absolute Gasteiger partial charge is 0.0233 e. The quantitative estimate of drug-likeness (QED) is 0.515. The molecule has 0 aromatic carbocycles. The van der Waals surface area contributed by atoms with Gasteiger partial charge in [-0.15, -0.1) is 0 Å². The van der Waals surface area contributed by atoms with Crippen LogP contribution in [0.5, 0.6) is 0 Å². The molecule has 0 aliphatic heterocycles. The van der Waals surface area contributed by atoms with Gasteiger partial charge in [0.25, 0.3) is 0 Å². The van der Waals surface area contributed by atoms with E-state index >= 15 is 0 Å². The lowest BCUT2D eigenvalue weighted by molar-refractivity contribution is 0.563. The molecule has 0 aliphatic rings. The molecule has 0 spiro atoms. The van der Waals surface area contributed by atoms with Gasteiger partial charge in [0, 0.05) is 0 Å². The normalized spacial score (nSPS) is 14.6. The number of hydrogen-bond donors (Lipinski definition) is 0. The Labute approximate surface area is 77.4 Å². The van der Waals surface area contributed by atoms with E-state index in [0.717, 1.165) is 12.3 Å². The molecule has 0 saturated heterocycles. The van der Waals surface area contributed by atoms with Crippen LogP contribution in [0.4, 0.5) is 0 Å². The maximum absolute atomic E-state index is 2.33. The molecule has 0 heteroatoms. The zero-order valence-electron chi connectivity index (χ0n) is 8.72. The van der Waals surface area contributed by atoms with Crippen LogP contribution in [-0.4, -0.2) is 0 Å². The van der Waals surface area contributed by atoms with E-state index in [0.29, 0.717) is 0 Å². The highest BCUT2D eigenvalue weighted by atomic mass is 14.0. The summed E-state index contributed by atoms with van der Waals surface area (Å²) >= 11 is 0. The summed E-state index contributed by atoms with van der Waals surface area (Å²) in [5, 5.41) is 0. The molecule has 0 aromatic heterocycles. The van der Waals surface area contributed by atoms with Crippen molar-refractivity contribution in [1.82, 2.24) is 0 Å². The molecule has 1 atom stereocenters. The van der Waals surface area contributed by atoms with Crippen LogP contribution in [0.15, 0.2) is 24.3 Å². The monoisotopic (exact) mass is 166 g/mol. The van der Waals surface area contributed by atoms with Crippen molar-refractivity contribution in [3.63, 3.8) is 0 Å². The van der Waals surface area contributed by atoms with Crippen LogP contribution in [0.2, 0.25) is 0 Å². The topological polar surface area (TPSA) is 0 Å². The zero-order valence-corrected chi connectivity index (χ0v) is 8.72. The Kier molecular flexibility index (Phi) is 8.20. The summed E-state index contributed by atoms with van der Waals surface area (Å²) in [4.78, 5) is 0. The van der Waals surface area contributed by atoms with Crippen molar-refractivity contribution < 1.29 is 0 Å². The minimum atomic E-state index is 0.788. The van der Waals surface area contributed by atoms with E-state index in [9.17, 15) is 0 Å². The standard InChI is InChI=1S/C12H22/c1-4-7-8-9-11-12(6-3)10-5-2/h7-9,11-12H,4-6,10H2,1-3H3. The molecular formula is C12H22. The van der Waals surface area contributed by atoms with Crippen molar-refractivity contribution in [2.75, 3.05) is 0 Å². The number of allylic oxidation sites excluding steroid dienone is 4. The summed E-state index contributed by atoms with van der Waals surface area (Å²) in [6, 6.07) is 0. The highest BCUT2D eigenvalue weighted by molar-refractivity contribution is 5.03. The Morgan fingerprint density at radius 2 is 1.83 bits per heavy atom. The molecular weight excluding hydrogens is 144 g/mol. The molecule has 0 N–H and O–H groups in total. The molecule has 1 unspecified atom stereocenters. The van der Waals surface area contributed by atoms with Gasteiger partial charge in [0.15, 0.2) is 0 Å². The van der Waals surface area contributed by atoms with Crippen LogP contribution < -0.4 is 0 Å². The van der Waals surface area contributed by atoms with E-state index in [1.54, 1.807) is 0 Å². The maximum atomic E-state index is 2.33. The first kappa shape index (κ1) is 11.5. The van der Waals surface area contributed by atoms with Crippen LogP contribution in [0.3, 0.4) is 0 Å². The zero-order chi connectivity index (χ0) is 9.23. The Hall–Kier alpha value is -0.520. The predicted octanol–water partition coefficient (Wildman–Crippen LogP) is 4.34. The molecule has 0 nitrogen and oxygen atoms in total. The van der Waals surface area contributed by atoms with Crippen molar-refractivity contribution in [3.8, 4) is 0 Å². The van der Waals surface area contributed by atoms with Gasteiger partial charge in [-0.3, -0.25) is 0 Å². The minimum Gasteiger partial charge on any atom is -0.0848 e. The first-order valence-corrected chi connectivity index (χ1v) is 5.18. The summed E-state index contributed by atoms with van der Waals surface area (Å²) in [6.07, 6.45) is 13.9. The second-order valence-electron chi connectivity index (χ2n) is 3.18. The van der Waals surface area contributed by atoms with Crippen molar-refractivity contribution in [2.45, 2.75) is 46.5 Å². The van der Waals surface area contributed by atoms with E-state index in [-0.39, 0.29) is 0 Å². The molecule has 0 heterocycles. The fourth-order valence-electron chi connectivity index (χ4n) is 1.24. The molecule has 0 amide bonds. The molecule has 0 aromatic rings. The summed E-state index contributed by atoms with van der Waals surface area (Å²) in [7, 11) is 0. The van der Waals surface area contributed by atoms with Crippen LogP contribution in [0.25, 0.3) is 0 Å². The van der Waals surface area contributed by atoms with Crippen molar-refractivity contribution >= 4 is 0 Å². The maximum Gasteiger partial charge on any atom is -0.0233 e. The molecule has 70 valence electrons. The van der Waals surface area contributed by atoms with E-state index < -0.39 is 0 Å². The molecule has 0 saturated carbocycles.